The number of aliphatic carboxylic acids is 1. The zero-order valence-electron chi connectivity index (χ0n) is 17.3. The Labute approximate surface area is 207 Å². The number of carboxylic acids is 1. The number of sulfonamides is 1. The van der Waals surface area contributed by atoms with E-state index in [1.54, 1.807) is 48.5 Å². The van der Waals surface area contributed by atoms with E-state index in [4.69, 9.17) is 34.8 Å². The molecule has 0 saturated heterocycles. The number of alkyl halides is 1. The number of hydrogen-bond acceptors (Lipinski definition) is 3. The highest BCUT2D eigenvalue weighted by Crippen LogP contribution is 2.52. The van der Waals surface area contributed by atoms with Gasteiger partial charge in [-0.1, -0.05) is 59.6 Å². The van der Waals surface area contributed by atoms with Crippen LogP contribution in [0.1, 0.15) is 18.4 Å². The summed E-state index contributed by atoms with van der Waals surface area (Å²) in [5.41, 5.74) is 0.917. The van der Waals surface area contributed by atoms with Crippen LogP contribution in [0.4, 0.5) is 0 Å². The lowest BCUT2D eigenvalue weighted by Crippen LogP contribution is -2.61. The third-order valence-electron chi connectivity index (χ3n) is 5.91. The van der Waals surface area contributed by atoms with Gasteiger partial charge in [-0.2, -0.15) is 4.31 Å². The fourth-order valence-corrected chi connectivity index (χ4v) is 7.08. The summed E-state index contributed by atoms with van der Waals surface area (Å²) < 4.78 is 28.3. The molecule has 4 rings (SSSR count). The fourth-order valence-electron chi connectivity index (χ4n) is 4.25. The normalized spacial score (nSPS) is 20.4. The van der Waals surface area contributed by atoms with Gasteiger partial charge in [0, 0.05) is 10.0 Å². The number of carbonyl (C=O) groups is 1. The Balaban J connectivity index is 1.88. The SMILES string of the molecule is O=C(O)CN(C1(c2cccc(-c3cc(Cl)cc(Cl)c3)c2)CCC1Cl)S(=O)(=O)c1ccccc1. The van der Waals surface area contributed by atoms with Gasteiger partial charge in [-0.3, -0.25) is 4.79 Å². The van der Waals surface area contributed by atoms with Crippen molar-refractivity contribution in [3.05, 3.63) is 88.4 Å². The standard InChI is InChI=1S/C24H20Cl3NO4S/c25-19-12-17(13-20(26)14-19)16-5-4-6-18(11-16)24(10-9-22(24)27)28(15-23(29)30)33(31,32)21-7-2-1-3-8-21/h1-8,11-14,22H,9-10,15H2,(H,29,30). The molecule has 5 nitrogen and oxygen atoms in total. The van der Waals surface area contributed by atoms with Crippen molar-refractivity contribution < 1.29 is 18.3 Å². The van der Waals surface area contributed by atoms with Crippen LogP contribution in [-0.4, -0.2) is 35.7 Å². The maximum absolute atomic E-state index is 13.6. The van der Waals surface area contributed by atoms with Crippen LogP contribution in [-0.2, 0) is 20.4 Å². The van der Waals surface area contributed by atoms with Crippen molar-refractivity contribution >= 4 is 50.8 Å². The number of rotatable bonds is 7. The average molecular weight is 525 g/mol. The van der Waals surface area contributed by atoms with E-state index < -0.39 is 33.5 Å². The highest BCUT2D eigenvalue weighted by molar-refractivity contribution is 7.89. The Bertz CT molecular complexity index is 1280. The lowest BCUT2D eigenvalue weighted by atomic mass is 9.70. The van der Waals surface area contributed by atoms with Crippen LogP contribution in [0, 0.1) is 0 Å². The van der Waals surface area contributed by atoms with Crippen molar-refractivity contribution in [3.8, 4) is 11.1 Å². The van der Waals surface area contributed by atoms with Gasteiger partial charge in [0.2, 0.25) is 10.0 Å². The highest BCUT2D eigenvalue weighted by Gasteiger charge is 2.56. The molecule has 1 aliphatic rings. The second-order valence-corrected chi connectivity index (χ2v) is 11.1. The molecule has 1 N–H and O–H groups in total. The molecule has 1 fully saturated rings. The van der Waals surface area contributed by atoms with Crippen LogP contribution in [0.5, 0.6) is 0 Å². The van der Waals surface area contributed by atoms with Crippen molar-refractivity contribution in [3.63, 3.8) is 0 Å². The van der Waals surface area contributed by atoms with Crippen molar-refractivity contribution in [2.45, 2.75) is 28.7 Å². The molecule has 1 saturated carbocycles. The first-order valence-corrected chi connectivity index (χ1v) is 12.8. The average Bonchev–Trinajstić information content (AvgIpc) is 2.77. The topological polar surface area (TPSA) is 74.7 Å². The molecule has 0 aliphatic heterocycles. The van der Waals surface area contributed by atoms with E-state index in [-0.39, 0.29) is 4.90 Å². The van der Waals surface area contributed by atoms with Crippen molar-refractivity contribution in [2.24, 2.45) is 0 Å². The summed E-state index contributed by atoms with van der Waals surface area (Å²) in [5.74, 6) is -1.26. The molecule has 33 heavy (non-hydrogen) atoms. The first-order valence-electron chi connectivity index (χ1n) is 10.2. The van der Waals surface area contributed by atoms with Crippen LogP contribution in [0.3, 0.4) is 0 Å². The predicted octanol–water partition coefficient (Wildman–Crippen LogP) is 6.03. The van der Waals surface area contributed by atoms with Crippen molar-refractivity contribution in [2.75, 3.05) is 6.54 Å². The third kappa shape index (κ3) is 4.51. The minimum absolute atomic E-state index is 0.0131. The third-order valence-corrected chi connectivity index (χ3v) is 8.83. The number of hydrogen-bond donors (Lipinski definition) is 1. The lowest BCUT2D eigenvalue weighted by molar-refractivity contribution is -0.139. The van der Waals surface area contributed by atoms with E-state index in [0.29, 0.717) is 28.5 Å². The maximum Gasteiger partial charge on any atom is 0.318 e. The first kappa shape index (κ1) is 24.0. The van der Waals surface area contributed by atoms with Crippen molar-refractivity contribution in [1.82, 2.24) is 4.31 Å². The molecule has 9 heteroatoms. The summed E-state index contributed by atoms with van der Waals surface area (Å²) in [6.07, 6.45) is 0.940. The van der Waals surface area contributed by atoms with Crippen LogP contribution in [0.15, 0.2) is 77.7 Å². The Kier molecular flexibility index (Phi) is 6.76. The number of benzene rings is 3. The Morgan fingerprint density at radius 2 is 1.64 bits per heavy atom. The van der Waals surface area contributed by atoms with Gasteiger partial charge in [-0.05, 0) is 65.9 Å². The molecule has 0 aromatic heterocycles. The van der Waals surface area contributed by atoms with Gasteiger partial charge in [0.05, 0.1) is 15.8 Å². The number of nitrogens with zero attached hydrogens (tertiary/aromatic N) is 1. The summed E-state index contributed by atoms with van der Waals surface area (Å²) in [5, 5.41) is 9.96. The summed E-state index contributed by atoms with van der Waals surface area (Å²) in [4.78, 5) is 11.8. The molecule has 0 bridgehead atoms. The van der Waals surface area contributed by atoms with Gasteiger partial charge in [-0.15, -0.1) is 11.6 Å². The van der Waals surface area contributed by atoms with Crippen LogP contribution < -0.4 is 0 Å². The molecule has 0 amide bonds. The molecule has 0 radical (unpaired) electrons. The van der Waals surface area contributed by atoms with E-state index in [1.807, 2.05) is 12.1 Å². The minimum Gasteiger partial charge on any atom is -0.480 e. The van der Waals surface area contributed by atoms with Gasteiger partial charge < -0.3 is 5.11 Å². The Hall–Kier alpha value is -2.09. The van der Waals surface area contributed by atoms with E-state index in [0.717, 1.165) is 15.4 Å². The quantitative estimate of drug-likeness (QED) is 0.383. The zero-order valence-corrected chi connectivity index (χ0v) is 20.4. The second kappa shape index (κ2) is 9.28. The summed E-state index contributed by atoms with van der Waals surface area (Å²) in [6.45, 7) is -0.715. The Morgan fingerprint density at radius 3 is 2.18 bits per heavy atom. The first-order chi connectivity index (χ1) is 15.6. The molecule has 3 aromatic rings. The van der Waals surface area contributed by atoms with Crippen LogP contribution in [0.25, 0.3) is 11.1 Å². The predicted molar refractivity (Wildman–Crippen MR) is 130 cm³/mol. The minimum atomic E-state index is -4.16. The molecule has 0 heterocycles. The molecule has 3 aromatic carbocycles. The molecular weight excluding hydrogens is 505 g/mol. The summed E-state index contributed by atoms with van der Waals surface area (Å²) in [7, 11) is -4.16. The van der Waals surface area contributed by atoms with E-state index >= 15 is 0 Å². The van der Waals surface area contributed by atoms with E-state index in [2.05, 4.69) is 0 Å². The highest BCUT2D eigenvalue weighted by atomic mass is 35.5. The molecule has 1 aliphatic carbocycles. The number of halogens is 3. The smallest absolute Gasteiger partial charge is 0.318 e. The largest absolute Gasteiger partial charge is 0.480 e. The molecule has 172 valence electrons. The molecular formula is C24H20Cl3NO4S. The lowest BCUT2D eigenvalue weighted by Gasteiger charge is -2.52. The van der Waals surface area contributed by atoms with E-state index in [1.165, 1.54) is 12.1 Å². The van der Waals surface area contributed by atoms with Crippen molar-refractivity contribution in [1.29, 1.82) is 0 Å². The van der Waals surface area contributed by atoms with Gasteiger partial charge in [-0.25, -0.2) is 8.42 Å². The van der Waals surface area contributed by atoms with Crippen LogP contribution >= 0.6 is 34.8 Å². The summed E-state index contributed by atoms with van der Waals surface area (Å²) >= 11 is 19.0. The van der Waals surface area contributed by atoms with Gasteiger partial charge in [0.25, 0.3) is 0 Å². The monoisotopic (exact) mass is 523 g/mol. The maximum atomic E-state index is 13.6. The van der Waals surface area contributed by atoms with E-state index in [9.17, 15) is 18.3 Å². The summed E-state index contributed by atoms with van der Waals surface area (Å²) in [6, 6.07) is 20.2. The van der Waals surface area contributed by atoms with Gasteiger partial charge >= 0.3 is 5.97 Å². The van der Waals surface area contributed by atoms with Gasteiger partial charge in [0.15, 0.2) is 0 Å². The Morgan fingerprint density at radius 1 is 0.970 bits per heavy atom. The van der Waals surface area contributed by atoms with Crippen LogP contribution in [0.2, 0.25) is 10.0 Å². The molecule has 2 unspecified atom stereocenters. The fraction of sp³-hybridized carbons (Fsp3) is 0.208. The number of carboxylic acid groups (broad SMARTS) is 1. The molecule has 0 spiro atoms. The van der Waals surface area contributed by atoms with Gasteiger partial charge in [0.1, 0.15) is 6.54 Å². The zero-order chi connectivity index (χ0) is 23.8. The molecule has 2 atom stereocenters. The second-order valence-electron chi connectivity index (χ2n) is 7.89.